The van der Waals surface area contributed by atoms with Crippen LogP contribution in [-0.4, -0.2) is 59.6 Å². The van der Waals surface area contributed by atoms with E-state index in [0.717, 1.165) is 25.2 Å². The van der Waals surface area contributed by atoms with Crippen molar-refractivity contribution < 1.29 is 5.21 Å². The van der Waals surface area contributed by atoms with Crippen molar-refractivity contribution >= 4 is 5.84 Å². The van der Waals surface area contributed by atoms with Crippen molar-refractivity contribution in [3.63, 3.8) is 0 Å². The van der Waals surface area contributed by atoms with Gasteiger partial charge in [-0.15, -0.1) is 0 Å². The molecule has 3 N–H and O–H groups in total. The van der Waals surface area contributed by atoms with Crippen LogP contribution in [0.5, 0.6) is 0 Å². The number of piperazine rings is 1. The minimum atomic E-state index is -0.0704. The van der Waals surface area contributed by atoms with Crippen molar-refractivity contribution in [1.82, 2.24) is 9.80 Å². The molecule has 0 bridgehead atoms. The smallest absolute Gasteiger partial charge is 0.147 e. The molecule has 0 spiro atoms. The summed E-state index contributed by atoms with van der Waals surface area (Å²) < 4.78 is 0. The van der Waals surface area contributed by atoms with E-state index in [-0.39, 0.29) is 11.8 Å². The van der Waals surface area contributed by atoms with Crippen molar-refractivity contribution in [2.45, 2.75) is 31.8 Å². The molecule has 5 heteroatoms. The highest BCUT2D eigenvalue weighted by Crippen LogP contribution is 2.21. The normalized spacial score (nSPS) is 26.7. The Bertz CT molecular complexity index is 464. The molecular weight excluding hydrogens is 264 g/mol. The number of hydrogen-bond donors (Lipinski definition) is 2. The van der Waals surface area contributed by atoms with Crippen molar-refractivity contribution in [1.29, 1.82) is 0 Å². The summed E-state index contributed by atoms with van der Waals surface area (Å²) in [7, 11) is 2.17. The van der Waals surface area contributed by atoms with Crippen LogP contribution >= 0.6 is 0 Å². The van der Waals surface area contributed by atoms with Gasteiger partial charge in [0.25, 0.3) is 0 Å². The summed E-state index contributed by atoms with van der Waals surface area (Å²) in [5.74, 6) is 0.208. The zero-order valence-electron chi connectivity index (χ0n) is 13.1. The van der Waals surface area contributed by atoms with E-state index in [9.17, 15) is 0 Å². The largest absolute Gasteiger partial charge is 0.409 e. The molecule has 1 heterocycles. The number of amidine groups is 1. The lowest BCUT2D eigenvalue weighted by Crippen LogP contribution is -2.56. The number of benzene rings is 1. The van der Waals surface area contributed by atoms with Gasteiger partial charge in [0.05, 0.1) is 5.92 Å². The Balaban J connectivity index is 2.13. The molecule has 0 aliphatic carbocycles. The molecule has 1 aliphatic rings. The number of hydrogen-bond acceptors (Lipinski definition) is 4. The molecule has 116 valence electrons. The number of likely N-dealkylation sites (N-methyl/N-ethyl adjacent to an activating group) is 1. The summed E-state index contributed by atoms with van der Waals surface area (Å²) in [6.07, 6.45) is 0. The molecule has 1 aliphatic heterocycles. The van der Waals surface area contributed by atoms with Crippen LogP contribution in [0.25, 0.3) is 0 Å². The minimum absolute atomic E-state index is 0.0704. The fraction of sp³-hybridized carbons (Fsp3) is 0.562. The monoisotopic (exact) mass is 290 g/mol. The van der Waals surface area contributed by atoms with Gasteiger partial charge in [0.1, 0.15) is 5.84 Å². The third-order valence-corrected chi connectivity index (χ3v) is 4.55. The maximum absolute atomic E-state index is 9.08. The van der Waals surface area contributed by atoms with Gasteiger partial charge in [0, 0.05) is 31.7 Å². The molecule has 1 fully saturated rings. The predicted octanol–water partition coefficient (Wildman–Crippen LogP) is 1.54. The zero-order chi connectivity index (χ0) is 15.4. The molecule has 0 radical (unpaired) electrons. The van der Waals surface area contributed by atoms with Crippen molar-refractivity contribution in [2.24, 2.45) is 10.9 Å². The Morgan fingerprint density at radius 3 is 2.38 bits per heavy atom. The van der Waals surface area contributed by atoms with Crippen LogP contribution in [0.4, 0.5) is 0 Å². The molecule has 3 atom stereocenters. The van der Waals surface area contributed by atoms with Gasteiger partial charge in [-0.05, 0) is 26.5 Å². The fourth-order valence-corrected chi connectivity index (χ4v) is 3.05. The second-order valence-corrected chi connectivity index (χ2v) is 6.07. The predicted molar refractivity (Wildman–Crippen MR) is 85.7 cm³/mol. The molecule has 1 saturated heterocycles. The van der Waals surface area contributed by atoms with E-state index in [2.05, 4.69) is 35.9 Å². The summed E-state index contributed by atoms with van der Waals surface area (Å²) in [6, 6.07) is 11.0. The maximum Gasteiger partial charge on any atom is 0.147 e. The van der Waals surface area contributed by atoms with Gasteiger partial charge in [0.15, 0.2) is 0 Å². The van der Waals surface area contributed by atoms with E-state index in [1.807, 2.05) is 30.3 Å². The molecule has 1 aromatic rings. The Morgan fingerprint density at radius 1 is 1.29 bits per heavy atom. The van der Waals surface area contributed by atoms with Gasteiger partial charge in [-0.2, -0.15) is 0 Å². The summed E-state index contributed by atoms with van der Waals surface area (Å²) in [6.45, 7) is 7.27. The second-order valence-electron chi connectivity index (χ2n) is 6.07. The van der Waals surface area contributed by atoms with Crippen LogP contribution in [-0.2, 0) is 0 Å². The first kappa shape index (κ1) is 15.8. The lowest BCUT2D eigenvalue weighted by molar-refractivity contribution is 0.0593. The lowest BCUT2D eigenvalue weighted by atomic mass is 9.96. The molecular formula is C16H26N4O. The Labute approximate surface area is 127 Å². The van der Waals surface area contributed by atoms with Crippen LogP contribution in [0, 0.1) is 0 Å². The van der Waals surface area contributed by atoms with Crippen molar-refractivity contribution in [3.8, 4) is 0 Å². The zero-order valence-corrected chi connectivity index (χ0v) is 13.1. The molecule has 5 nitrogen and oxygen atoms in total. The van der Waals surface area contributed by atoms with Gasteiger partial charge in [-0.25, -0.2) is 0 Å². The minimum Gasteiger partial charge on any atom is -0.409 e. The first-order valence-electron chi connectivity index (χ1n) is 7.49. The van der Waals surface area contributed by atoms with Crippen molar-refractivity contribution in [2.75, 3.05) is 26.7 Å². The average Bonchev–Trinajstić information content (AvgIpc) is 2.50. The topological polar surface area (TPSA) is 65.1 Å². The van der Waals surface area contributed by atoms with E-state index < -0.39 is 0 Å². The Hall–Kier alpha value is -1.59. The highest BCUT2D eigenvalue weighted by atomic mass is 16.4. The van der Waals surface area contributed by atoms with E-state index in [4.69, 9.17) is 10.9 Å². The number of nitrogens with zero attached hydrogens (tertiary/aromatic N) is 3. The average molecular weight is 290 g/mol. The summed E-state index contributed by atoms with van der Waals surface area (Å²) >= 11 is 0. The number of nitrogens with two attached hydrogens (primary N) is 1. The van der Waals surface area contributed by atoms with Crippen molar-refractivity contribution in [3.05, 3.63) is 35.9 Å². The molecule has 1 aromatic carbocycles. The quantitative estimate of drug-likeness (QED) is 0.382. The van der Waals surface area contributed by atoms with Gasteiger partial charge in [-0.1, -0.05) is 35.5 Å². The molecule has 0 amide bonds. The molecule has 0 aromatic heterocycles. The summed E-state index contributed by atoms with van der Waals surface area (Å²) in [5.41, 5.74) is 7.02. The van der Waals surface area contributed by atoms with Gasteiger partial charge in [-0.3, -0.25) is 9.80 Å². The first-order chi connectivity index (χ1) is 10.0. The summed E-state index contributed by atoms with van der Waals surface area (Å²) in [5, 5.41) is 12.3. The highest BCUT2D eigenvalue weighted by Gasteiger charge is 2.29. The van der Waals surface area contributed by atoms with Crippen LogP contribution in [0.2, 0.25) is 0 Å². The summed E-state index contributed by atoms with van der Waals surface area (Å²) in [4.78, 5) is 4.81. The molecule has 21 heavy (non-hydrogen) atoms. The Morgan fingerprint density at radius 2 is 1.86 bits per heavy atom. The van der Waals surface area contributed by atoms with Crippen LogP contribution < -0.4 is 5.73 Å². The first-order valence-corrected chi connectivity index (χ1v) is 7.49. The van der Waals surface area contributed by atoms with Gasteiger partial charge in [0.2, 0.25) is 0 Å². The lowest BCUT2D eigenvalue weighted by Gasteiger charge is -2.43. The number of rotatable bonds is 4. The van der Waals surface area contributed by atoms with E-state index in [1.54, 1.807) is 0 Å². The molecule has 2 rings (SSSR count). The number of oxime groups is 1. The van der Waals surface area contributed by atoms with E-state index in [1.165, 1.54) is 0 Å². The second kappa shape index (κ2) is 6.91. The van der Waals surface area contributed by atoms with E-state index >= 15 is 0 Å². The van der Waals surface area contributed by atoms with Crippen LogP contribution in [0.3, 0.4) is 0 Å². The molecule has 3 unspecified atom stereocenters. The van der Waals surface area contributed by atoms with Gasteiger partial charge < -0.3 is 10.9 Å². The third kappa shape index (κ3) is 3.74. The molecule has 0 saturated carbocycles. The van der Waals surface area contributed by atoms with Gasteiger partial charge >= 0.3 is 0 Å². The van der Waals surface area contributed by atoms with Crippen LogP contribution in [0.1, 0.15) is 25.3 Å². The fourth-order valence-electron chi connectivity index (χ4n) is 3.05. The standard InChI is InChI=1S/C16H26N4O/c1-12-9-20(10-13(2)19(12)3)11-15(16(17)18-21)14-7-5-4-6-8-14/h4-8,12-13,15,21H,9-11H2,1-3H3,(H2,17,18). The highest BCUT2D eigenvalue weighted by molar-refractivity contribution is 5.87. The maximum atomic E-state index is 9.08. The third-order valence-electron chi connectivity index (χ3n) is 4.55. The Kier molecular flexibility index (Phi) is 5.20. The SMILES string of the molecule is CC1CN(CC(/C(N)=N/O)c2ccccc2)CC(C)N1C. The van der Waals surface area contributed by atoms with E-state index in [0.29, 0.717) is 12.1 Å². The van der Waals surface area contributed by atoms with Crippen LogP contribution in [0.15, 0.2) is 35.5 Å².